The van der Waals surface area contributed by atoms with E-state index in [2.05, 4.69) is 5.32 Å². The highest BCUT2D eigenvalue weighted by Crippen LogP contribution is 2.44. The molecule has 0 spiro atoms. The molecular formula is C14H18ClNO2. The van der Waals surface area contributed by atoms with Crippen LogP contribution in [0.3, 0.4) is 0 Å². The molecule has 18 heavy (non-hydrogen) atoms. The van der Waals surface area contributed by atoms with Gasteiger partial charge in [-0.1, -0.05) is 30.2 Å². The van der Waals surface area contributed by atoms with Crippen molar-refractivity contribution in [3.05, 3.63) is 34.9 Å². The van der Waals surface area contributed by atoms with Crippen LogP contribution in [0.5, 0.6) is 0 Å². The summed E-state index contributed by atoms with van der Waals surface area (Å²) in [5, 5.41) is 12.3. The molecule has 0 heterocycles. The molecular weight excluding hydrogens is 250 g/mol. The summed E-state index contributed by atoms with van der Waals surface area (Å²) >= 11 is 6.00. The molecule has 1 aliphatic carbocycles. The summed E-state index contributed by atoms with van der Waals surface area (Å²) in [6, 6.07) is 7.56. The molecule has 0 bridgehead atoms. The summed E-state index contributed by atoms with van der Waals surface area (Å²) in [4.78, 5) is 12.3. The zero-order valence-electron chi connectivity index (χ0n) is 10.3. The van der Waals surface area contributed by atoms with E-state index < -0.39 is 5.41 Å². The third-order valence-electron chi connectivity index (χ3n) is 3.64. The van der Waals surface area contributed by atoms with Gasteiger partial charge in [-0.05, 0) is 37.0 Å². The van der Waals surface area contributed by atoms with E-state index in [1.807, 2.05) is 24.3 Å². The molecule has 1 aliphatic rings. The minimum Gasteiger partial charge on any atom is -0.396 e. The summed E-state index contributed by atoms with van der Waals surface area (Å²) in [7, 11) is 0. The minimum absolute atomic E-state index is 0.0597. The molecule has 3 nitrogen and oxygen atoms in total. The number of carbonyl (C=O) groups excluding carboxylic acids is 1. The lowest BCUT2D eigenvalue weighted by atomic mass is 9.64. The van der Waals surface area contributed by atoms with Gasteiger partial charge in [0.05, 0.1) is 5.41 Å². The third-order valence-corrected chi connectivity index (χ3v) is 3.87. The van der Waals surface area contributed by atoms with Gasteiger partial charge in [-0.3, -0.25) is 4.79 Å². The van der Waals surface area contributed by atoms with Crippen molar-refractivity contribution in [3.63, 3.8) is 0 Å². The van der Waals surface area contributed by atoms with Crippen molar-refractivity contribution in [1.29, 1.82) is 0 Å². The van der Waals surface area contributed by atoms with Crippen LogP contribution in [0, 0.1) is 0 Å². The molecule has 1 fully saturated rings. The lowest BCUT2D eigenvalue weighted by Crippen LogP contribution is -2.49. The maximum atomic E-state index is 12.3. The van der Waals surface area contributed by atoms with Crippen LogP contribution in [0.1, 0.15) is 31.2 Å². The van der Waals surface area contributed by atoms with Crippen molar-refractivity contribution in [3.8, 4) is 0 Å². The van der Waals surface area contributed by atoms with Crippen LogP contribution in [-0.2, 0) is 10.2 Å². The van der Waals surface area contributed by atoms with E-state index in [0.717, 1.165) is 24.8 Å². The molecule has 2 N–H and O–H groups in total. The smallest absolute Gasteiger partial charge is 0.230 e. The second-order valence-corrected chi connectivity index (χ2v) is 5.22. The van der Waals surface area contributed by atoms with E-state index in [1.165, 1.54) is 0 Å². The minimum atomic E-state index is -0.402. The summed E-state index contributed by atoms with van der Waals surface area (Å²) in [5.41, 5.74) is 0.600. The number of aliphatic hydroxyl groups excluding tert-OH is 1. The number of amides is 1. The highest BCUT2D eigenvalue weighted by molar-refractivity contribution is 6.30. The molecule has 0 atom stereocenters. The van der Waals surface area contributed by atoms with E-state index in [1.54, 1.807) is 0 Å². The Bertz CT molecular complexity index is 430. The third kappa shape index (κ3) is 2.52. The van der Waals surface area contributed by atoms with Gasteiger partial charge < -0.3 is 10.4 Å². The van der Waals surface area contributed by atoms with Crippen LogP contribution in [-0.4, -0.2) is 24.2 Å². The van der Waals surface area contributed by atoms with E-state index in [-0.39, 0.29) is 12.5 Å². The molecule has 0 unspecified atom stereocenters. The second-order valence-electron chi connectivity index (χ2n) is 4.78. The van der Waals surface area contributed by atoms with Gasteiger partial charge in [0.25, 0.3) is 0 Å². The lowest BCUT2D eigenvalue weighted by molar-refractivity contribution is -0.129. The Hall–Kier alpha value is -1.06. The SMILES string of the molecule is O=C(NCCCO)C1(c2cccc(Cl)c2)CCC1. The number of halogens is 1. The van der Waals surface area contributed by atoms with Gasteiger partial charge in [-0.25, -0.2) is 0 Å². The van der Waals surface area contributed by atoms with Crippen molar-refractivity contribution in [2.24, 2.45) is 0 Å². The average Bonchev–Trinajstić information content (AvgIpc) is 2.28. The molecule has 1 aromatic carbocycles. The van der Waals surface area contributed by atoms with Crippen molar-refractivity contribution in [2.45, 2.75) is 31.1 Å². The Balaban J connectivity index is 2.13. The van der Waals surface area contributed by atoms with Crippen molar-refractivity contribution >= 4 is 17.5 Å². The molecule has 0 saturated heterocycles. The monoisotopic (exact) mass is 267 g/mol. The molecule has 1 amide bonds. The summed E-state index contributed by atoms with van der Waals surface area (Å²) < 4.78 is 0. The van der Waals surface area contributed by atoms with Crippen LogP contribution in [0.25, 0.3) is 0 Å². The van der Waals surface area contributed by atoms with Crippen LogP contribution in [0.2, 0.25) is 5.02 Å². The Morgan fingerprint density at radius 2 is 2.22 bits per heavy atom. The van der Waals surface area contributed by atoms with Crippen molar-refractivity contribution < 1.29 is 9.90 Å². The number of hydrogen-bond donors (Lipinski definition) is 2. The fourth-order valence-corrected chi connectivity index (χ4v) is 2.60. The summed E-state index contributed by atoms with van der Waals surface area (Å²) in [5.74, 6) is 0.0597. The number of nitrogens with one attached hydrogen (secondary N) is 1. The first-order valence-electron chi connectivity index (χ1n) is 6.34. The van der Waals surface area contributed by atoms with Crippen LogP contribution >= 0.6 is 11.6 Å². The fraction of sp³-hybridized carbons (Fsp3) is 0.500. The Labute approximate surface area is 112 Å². The Morgan fingerprint density at radius 1 is 1.44 bits per heavy atom. The first kappa shape index (κ1) is 13.4. The number of hydrogen-bond acceptors (Lipinski definition) is 2. The van der Waals surface area contributed by atoms with Gasteiger partial charge >= 0.3 is 0 Å². The molecule has 0 aliphatic heterocycles. The normalized spacial score (nSPS) is 17.0. The van der Waals surface area contributed by atoms with E-state index in [0.29, 0.717) is 18.0 Å². The molecule has 1 aromatic rings. The summed E-state index contributed by atoms with van der Waals surface area (Å²) in [6.07, 6.45) is 3.41. The van der Waals surface area contributed by atoms with Gasteiger partial charge in [0, 0.05) is 18.2 Å². The zero-order valence-corrected chi connectivity index (χ0v) is 11.0. The lowest BCUT2D eigenvalue weighted by Gasteiger charge is -2.40. The highest BCUT2D eigenvalue weighted by Gasteiger charge is 2.45. The standard InChI is InChI=1S/C14H18ClNO2/c15-12-5-1-4-11(10-12)14(6-2-7-14)13(18)16-8-3-9-17/h1,4-5,10,17H,2-3,6-9H2,(H,16,18). The second kappa shape index (κ2) is 5.72. The topological polar surface area (TPSA) is 49.3 Å². The van der Waals surface area contributed by atoms with Crippen LogP contribution < -0.4 is 5.32 Å². The molecule has 0 aromatic heterocycles. The summed E-state index contributed by atoms with van der Waals surface area (Å²) in [6.45, 7) is 0.627. The van der Waals surface area contributed by atoms with Gasteiger partial charge in [-0.15, -0.1) is 0 Å². The maximum absolute atomic E-state index is 12.3. The number of carbonyl (C=O) groups is 1. The highest BCUT2D eigenvalue weighted by atomic mass is 35.5. The average molecular weight is 268 g/mol. The maximum Gasteiger partial charge on any atom is 0.230 e. The first-order chi connectivity index (χ1) is 8.69. The zero-order chi connectivity index (χ0) is 13.0. The fourth-order valence-electron chi connectivity index (χ4n) is 2.41. The van der Waals surface area contributed by atoms with Gasteiger partial charge in [0.2, 0.25) is 5.91 Å². The molecule has 2 rings (SSSR count). The van der Waals surface area contributed by atoms with Crippen molar-refractivity contribution in [2.75, 3.05) is 13.2 Å². The quantitative estimate of drug-likeness (QED) is 0.804. The largest absolute Gasteiger partial charge is 0.396 e. The predicted octanol–water partition coefficient (Wildman–Crippen LogP) is 2.26. The molecule has 4 heteroatoms. The van der Waals surface area contributed by atoms with E-state index >= 15 is 0 Å². The molecule has 1 saturated carbocycles. The first-order valence-corrected chi connectivity index (χ1v) is 6.72. The number of benzene rings is 1. The van der Waals surface area contributed by atoms with Crippen molar-refractivity contribution in [1.82, 2.24) is 5.32 Å². The van der Waals surface area contributed by atoms with Gasteiger partial charge in [-0.2, -0.15) is 0 Å². The van der Waals surface area contributed by atoms with Crippen LogP contribution in [0.4, 0.5) is 0 Å². The number of rotatable bonds is 5. The predicted molar refractivity (Wildman–Crippen MR) is 71.7 cm³/mol. The Kier molecular flexibility index (Phi) is 4.25. The van der Waals surface area contributed by atoms with Gasteiger partial charge in [0.15, 0.2) is 0 Å². The number of aliphatic hydroxyl groups is 1. The molecule has 98 valence electrons. The van der Waals surface area contributed by atoms with Gasteiger partial charge in [0.1, 0.15) is 0 Å². The molecule has 0 radical (unpaired) electrons. The Morgan fingerprint density at radius 3 is 2.78 bits per heavy atom. The van der Waals surface area contributed by atoms with E-state index in [4.69, 9.17) is 16.7 Å². The van der Waals surface area contributed by atoms with E-state index in [9.17, 15) is 4.79 Å². The van der Waals surface area contributed by atoms with Crippen LogP contribution in [0.15, 0.2) is 24.3 Å².